The maximum Gasteiger partial charge on any atom is 0.143 e. The van der Waals surface area contributed by atoms with E-state index in [4.69, 9.17) is 5.26 Å². The molecule has 0 aliphatic carbocycles. The minimum atomic E-state index is 0.420. The van der Waals surface area contributed by atoms with E-state index in [-0.39, 0.29) is 0 Å². The van der Waals surface area contributed by atoms with E-state index in [0.29, 0.717) is 5.69 Å². The van der Waals surface area contributed by atoms with Gasteiger partial charge in [-0.3, -0.25) is 4.98 Å². The fourth-order valence-corrected chi connectivity index (χ4v) is 1.03. The average molecular weight is 155 g/mol. The van der Waals surface area contributed by atoms with Crippen molar-refractivity contribution in [2.45, 2.75) is 0 Å². The minimum Gasteiger partial charge on any atom is -0.255 e. The lowest BCUT2D eigenvalue weighted by molar-refractivity contribution is 1.32. The molecule has 0 aromatic rings. The second-order valence-electron chi connectivity index (χ2n) is 2.35. The third-order valence-electron chi connectivity index (χ3n) is 1.56. The highest BCUT2D eigenvalue weighted by molar-refractivity contribution is 5.58. The Balaban J connectivity index is 2.71. The summed E-state index contributed by atoms with van der Waals surface area (Å²) >= 11 is 0. The molecule has 0 unspecified atom stereocenters. The summed E-state index contributed by atoms with van der Waals surface area (Å²) in [6.07, 6.45) is 1.69. The van der Waals surface area contributed by atoms with Crippen molar-refractivity contribution in [3.63, 3.8) is 0 Å². The summed E-state index contributed by atoms with van der Waals surface area (Å²) in [6.45, 7) is 0. The average Bonchev–Trinajstić information content (AvgIpc) is 2.37. The topological polar surface area (TPSA) is 49.6 Å². The number of rotatable bonds is 0. The Morgan fingerprint density at radius 2 is 2.17 bits per heavy atom. The Kier molecular flexibility index (Phi) is 1.45. The van der Waals surface area contributed by atoms with Crippen LogP contribution >= 0.6 is 0 Å². The molecule has 0 spiro atoms. The summed E-state index contributed by atoms with van der Waals surface area (Å²) in [5.74, 6) is 0. The van der Waals surface area contributed by atoms with E-state index in [1.807, 2.05) is 24.3 Å². The summed E-state index contributed by atoms with van der Waals surface area (Å²) in [6, 6.07) is 9.17. The van der Waals surface area contributed by atoms with Gasteiger partial charge in [0, 0.05) is 12.3 Å². The van der Waals surface area contributed by atoms with Crippen molar-refractivity contribution in [3.8, 4) is 17.5 Å². The van der Waals surface area contributed by atoms with Gasteiger partial charge in [-0.25, -0.2) is 4.98 Å². The van der Waals surface area contributed by atoms with Gasteiger partial charge in [-0.1, -0.05) is 6.07 Å². The molecule has 12 heavy (non-hydrogen) atoms. The van der Waals surface area contributed by atoms with Gasteiger partial charge in [0.2, 0.25) is 0 Å². The highest BCUT2D eigenvalue weighted by Crippen LogP contribution is 2.16. The van der Waals surface area contributed by atoms with Crippen LogP contribution < -0.4 is 0 Å². The van der Waals surface area contributed by atoms with E-state index in [1.54, 1.807) is 12.3 Å². The summed E-state index contributed by atoms with van der Waals surface area (Å²) in [5.41, 5.74) is 1.94. The lowest BCUT2D eigenvalue weighted by atomic mass is 10.3. The second-order valence-corrected chi connectivity index (χ2v) is 2.35. The Hall–Kier alpha value is -1.95. The summed E-state index contributed by atoms with van der Waals surface area (Å²) in [5, 5.41) is 8.56. The predicted molar refractivity (Wildman–Crippen MR) is 43.4 cm³/mol. The van der Waals surface area contributed by atoms with E-state index in [9.17, 15) is 0 Å². The van der Waals surface area contributed by atoms with Crippen LogP contribution in [0.1, 0.15) is 5.69 Å². The Bertz CT molecular complexity index is 386. The highest BCUT2D eigenvalue weighted by atomic mass is 14.8. The van der Waals surface area contributed by atoms with Gasteiger partial charge < -0.3 is 0 Å². The molecule has 0 aromatic heterocycles. The van der Waals surface area contributed by atoms with Gasteiger partial charge in [0.05, 0.1) is 11.4 Å². The standard InChI is InChI=1S/C9H5N3/c10-6-7-5-9-8(12-7)3-1-2-4-11-9/h1-5H. The Morgan fingerprint density at radius 1 is 1.25 bits per heavy atom. The van der Waals surface area contributed by atoms with Crippen LogP contribution in [0.15, 0.2) is 30.5 Å². The third-order valence-corrected chi connectivity index (χ3v) is 1.56. The van der Waals surface area contributed by atoms with E-state index < -0.39 is 0 Å². The summed E-state index contributed by atoms with van der Waals surface area (Å²) in [4.78, 5) is 8.15. The first-order chi connectivity index (χ1) is 5.90. The Morgan fingerprint density at radius 3 is 3.00 bits per heavy atom. The van der Waals surface area contributed by atoms with Gasteiger partial charge in [0.25, 0.3) is 0 Å². The van der Waals surface area contributed by atoms with Gasteiger partial charge in [-0.2, -0.15) is 5.26 Å². The van der Waals surface area contributed by atoms with Crippen molar-refractivity contribution in [1.82, 2.24) is 9.97 Å². The van der Waals surface area contributed by atoms with Gasteiger partial charge >= 0.3 is 0 Å². The third kappa shape index (κ3) is 0.995. The van der Waals surface area contributed by atoms with Gasteiger partial charge in [0.1, 0.15) is 11.8 Å². The smallest absolute Gasteiger partial charge is 0.143 e. The largest absolute Gasteiger partial charge is 0.255 e. The molecule has 2 aliphatic rings. The van der Waals surface area contributed by atoms with Crippen molar-refractivity contribution in [1.29, 1.82) is 5.26 Å². The molecule has 0 bridgehead atoms. The maximum absolute atomic E-state index is 8.56. The Labute approximate surface area is 69.7 Å². The number of hydrogen-bond donors (Lipinski definition) is 0. The number of nitrogens with zero attached hydrogens (tertiary/aromatic N) is 3. The maximum atomic E-state index is 8.56. The molecule has 0 amide bonds. The fraction of sp³-hybridized carbons (Fsp3) is 0. The molecule has 3 nitrogen and oxygen atoms in total. The monoisotopic (exact) mass is 155 g/mol. The molecule has 2 aliphatic heterocycles. The van der Waals surface area contributed by atoms with Crippen LogP contribution in [0.2, 0.25) is 0 Å². The van der Waals surface area contributed by atoms with Gasteiger partial charge in [-0.05, 0) is 12.1 Å². The molecule has 0 radical (unpaired) electrons. The van der Waals surface area contributed by atoms with Crippen LogP contribution in [0.3, 0.4) is 0 Å². The van der Waals surface area contributed by atoms with Crippen molar-refractivity contribution in [2.75, 3.05) is 0 Å². The van der Waals surface area contributed by atoms with E-state index >= 15 is 0 Å². The minimum absolute atomic E-state index is 0.420. The predicted octanol–water partition coefficient (Wildman–Crippen LogP) is 1.45. The molecule has 0 N–H and O–H groups in total. The van der Waals surface area contributed by atoms with Gasteiger partial charge in [0.15, 0.2) is 0 Å². The first-order valence-electron chi connectivity index (χ1n) is 3.52. The van der Waals surface area contributed by atoms with E-state index in [1.165, 1.54) is 0 Å². The fourth-order valence-electron chi connectivity index (χ4n) is 1.03. The zero-order chi connectivity index (χ0) is 8.39. The van der Waals surface area contributed by atoms with Crippen LogP contribution in [-0.4, -0.2) is 9.97 Å². The van der Waals surface area contributed by atoms with E-state index in [0.717, 1.165) is 11.4 Å². The normalized spacial score (nSPS) is 9.58. The molecule has 2 rings (SSSR count). The molecule has 56 valence electrons. The summed E-state index contributed by atoms with van der Waals surface area (Å²) in [7, 11) is 0. The molecular formula is C9H5N3. The molecule has 0 aromatic carbocycles. The molecule has 3 heteroatoms. The number of fused-ring (bicyclic) bond motifs is 1. The molecule has 0 saturated carbocycles. The van der Waals surface area contributed by atoms with E-state index in [2.05, 4.69) is 9.97 Å². The highest BCUT2D eigenvalue weighted by Gasteiger charge is 2.06. The summed E-state index contributed by atoms with van der Waals surface area (Å²) < 4.78 is 0. The first-order valence-corrected chi connectivity index (χ1v) is 3.52. The molecule has 0 atom stereocenters. The van der Waals surface area contributed by atoms with Crippen LogP contribution in [0.25, 0.3) is 11.4 Å². The van der Waals surface area contributed by atoms with Gasteiger partial charge in [-0.15, -0.1) is 0 Å². The van der Waals surface area contributed by atoms with Crippen LogP contribution in [0.4, 0.5) is 0 Å². The van der Waals surface area contributed by atoms with Crippen molar-refractivity contribution >= 4 is 0 Å². The zero-order valence-corrected chi connectivity index (χ0v) is 6.23. The van der Waals surface area contributed by atoms with Crippen LogP contribution in [-0.2, 0) is 0 Å². The molecular weight excluding hydrogens is 150 g/mol. The van der Waals surface area contributed by atoms with Crippen LogP contribution in [0, 0.1) is 11.3 Å². The molecule has 2 heterocycles. The van der Waals surface area contributed by atoms with Crippen molar-refractivity contribution < 1.29 is 0 Å². The number of nitriles is 1. The molecule has 0 saturated heterocycles. The quantitative estimate of drug-likeness (QED) is 0.578. The van der Waals surface area contributed by atoms with Crippen molar-refractivity contribution in [2.24, 2.45) is 0 Å². The second kappa shape index (κ2) is 2.59. The molecule has 0 fully saturated rings. The number of hydrogen-bond acceptors (Lipinski definition) is 3. The lowest BCUT2D eigenvalue weighted by Gasteiger charge is -1.82. The first kappa shape index (κ1) is 6.74. The SMILES string of the molecule is N#Cc1cc2nccccc-2n1. The van der Waals surface area contributed by atoms with Crippen molar-refractivity contribution in [3.05, 3.63) is 36.2 Å². The van der Waals surface area contributed by atoms with Crippen LogP contribution in [0.5, 0.6) is 0 Å². The number of aromatic nitrogens is 2. The zero-order valence-electron chi connectivity index (χ0n) is 6.23. The lowest BCUT2D eigenvalue weighted by Crippen LogP contribution is -1.72.